The van der Waals surface area contributed by atoms with Gasteiger partial charge in [0.15, 0.2) is 0 Å². The minimum atomic E-state index is -0.0187. The largest absolute Gasteiger partial charge is 0.300 e. The van der Waals surface area contributed by atoms with E-state index in [9.17, 15) is 9.59 Å². The number of hydrogen-bond donors (Lipinski definition) is 0. The van der Waals surface area contributed by atoms with E-state index in [0.29, 0.717) is 24.8 Å². The van der Waals surface area contributed by atoms with Gasteiger partial charge in [0.25, 0.3) is 5.56 Å². The molecule has 0 amide bonds. The predicted molar refractivity (Wildman–Crippen MR) is 63.8 cm³/mol. The van der Waals surface area contributed by atoms with Crippen molar-refractivity contribution in [2.45, 2.75) is 26.3 Å². The Hall–Kier alpha value is -1.49. The topological polar surface area (TPSA) is 52.0 Å². The second kappa shape index (κ2) is 4.57. The maximum atomic E-state index is 11.9. The maximum Gasteiger partial charge on any atom is 0.262 e. The summed E-state index contributed by atoms with van der Waals surface area (Å²) >= 11 is 1.46. The first-order chi connectivity index (χ1) is 7.68. The number of aromatic nitrogens is 2. The number of aryl methyl sites for hydroxylation is 1. The third-order valence-electron chi connectivity index (χ3n) is 2.38. The molecule has 0 unspecified atom stereocenters. The molecule has 0 saturated carbocycles. The van der Waals surface area contributed by atoms with Crippen LogP contribution in [0.25, 0.3) is 10.2 Å². The number of carbonyl (C=O) groups is 1. The molecule has 0 aromatic carbocycles. The first-order valence-corrected chi connectivity index (χ1v) is 5.98. The molecule has 0 aliphatic rings. The number of hydrogen-bond acceptors (Lipinski definition) is 4. The summed E-state index contributed by atoms with van der Waals surface area (Å²) in [5.74, 6) is 0.151. The molecule has 2 rings (SSSR count). The number of thiophene rings is 1. The van der Waals surface area contributed by atoms with Crippen LogP contribution in [0, 0.1) is 0 Å². The third kappa shape index (κ3) is 2.19. The second-order valence-electron chi connectivity index (χ2n) is 3.69. The SMILES string of the molecule is CC(=O)CCCn1cnc2sccc2c1=O. The minimum Gasteiger partial charge on any atom is -0.300 e. The van der Waals surface area contributed by atoms with Crippen LogP contribution in [0.2, 0.25) is 0 Å². The van der Waals surface area contributed by atoms with Crippen LogP contribution in [0.3, 0.4) is 0 Å². The molecule has 84 valence electrons. The summed E-state index contributed by atoms with van der Waals surface area (Å²) in [6.45, 7) is 2.11. The van der Waals surface area contributed by atoms with Gasteiger partial charge in [0.05, 0.1) is 11.7 Å². The zero-order valence-corrected chi connectivity index (χ0v) is 9.79. The molecule has 0 radical (unpaired) electrons. The highest BCUT2D eigenvalue weighted by atomic mass is 32.1. The van der Waals surface area contributed by atoms with E-state index in [1.54, 1.807) is 23.9 Å². The van der Waals surface area contributed by atoms with E-state index in [2.05, 4.69) is 4.98 Å². The molecule has 2 aromatic rings. The summed E-state index contributed by atoms with van der Waals surface area (Å²) in [6, 6.07) is 1.79. The van der Waals surface area contributed by atoms with Crippen molar-refractivity contribution >= 4 is 27.3 Å². The van der Waals surface area contributed by atoms with Gasteiger partial charge < -0.3 is 4.79 Å². The van der Waals surface area contributed by atoms with Crippen LogP contribution in [-0.2, 0) is 11.3 Å². The Kier molecular flexibility index (Phi) is 3.14. The Morgan fingerprint density at radius 2 is 2.38 bits per heavy atom. The first-order valence-electron chi connectivity index (χ1n) is 5.10. The highest BCUT2D eigenvalue weighted by molar-refractivity contribution is 7.16. The van der Waals surface area contributed by atoms with E-state index in [1.807, 2.05) is 5.38 Å². The molecule has 0 aliphatic heterocycles. The lowest BCUT2D eigenvalue weighted by molar-refractivity contribution is -0.117. The van der Waals surface area contributed by atoms with Crippen LogP contribution >= 0.6 is 11.3 Å². The minimum absolute atomic E-state index is 0.0187. The highest BCUT2D eigenvalue weighted by Gasteiger charge is 2.04. The Labute approximate surface area is 96.6 Å². The predicted octanol–water partition coefficient (Wildman–Crippen LogP) is 1.83. The van der Waals surface area contributed by atoms with E-state index in [4.69, 9.17) is 0 Å². The molecule has 2 aromatic heterocycles. The number of Topliss-reactive ketones (excluding diaryl/α,β-unsaturated/α-hetero) is 1. The smallest absolute Gasteiger partial charge is 0.262 e. The summed E-state index contributed by atoms with van der Waals surface area (Å²) in [5, 5.41) is 2.52. The van der Waals surface area contributed by atoms with Gasteiger partial charge in [-0.2, -0.15) is 0 Å². The van der Waals surface area contributed by atoms with Gasteiger partial charge >= 0.3 is 0 Å². The Morgan fingerprint density at radius 1 is 1.56 bits per heavy atom. The Bertz CT molecular complexity index is 571. The summed E-state index contributed by atoms with van der Waals surface area (Å²) in [5.41, 5.74) is -0.0187. The standard InChI is InChI=1S/C11H12N2O2S/c1-8(14)3-2-5-13-7-12-10-9(11(13)15)4-6-16-10/h4,6-7H,2-3,5H2,1H3. The van der Waals surface area contributed by atoms with Gasteiger partial charge in [0.1, 0.15) is 10.6 Å². The van der Waals surface area contributed by atoms with Crippen LogP contribution < -0.4 is 5.56 Å². The summed E-state index contributed by atoms with van der Waals surface area (Å²) in [7, 11) is 0. The van der Waals surface area contributed by atoms with E-state index in [1.165, 1.54) is 11.3 Å². The van der Waals surface area contributed by atoms with E-state index in [0.717, 1.165) is 4.83 Å². The fraction of sp³-hybridized carbons (Fsp3) is 0.364. The number of nitrogens with zero attached hydrogens (tertiary/aromatic N) is 2. The van der Waals surface area contributed by atoms with E-state index < -0.39 is 0 Å². The van der Waals surface area contributed by atoms with Gasteiger partial charge in [-0.25, -0.2) is 4.98 Å². The lowest BCUT2D eigenvalue weighted by atomic mass is 10.2. The van der Waals surface area contributed by atoms with Crippen molar-refractivity contribution in [1.29, 1.82) is 0 Å². The molecule has 0 atom stereocenters. The fourth-order valence-corrected chi connectivity index (χ4v) is 2.27. The molecular weight excluding hydrogens is 224 g/mol. The number of fused-ring (bicyclic) bond motifs is 1. The molecular formula is C11H12N2O2S. The summed E-state index contributed by atoms with van der Waals surface area (Å²) < 4.78 is 1.57. The van der Waals surface area contributed by atoms with Crippen LogP contribution in [0.15, 0.2) is 22.6 Å². The molecule has 0 N–H and O–H groups in total. The zero-order valence-electron chi connectivity index (χ0n) is 8.97. The lowest BCUT2D eigenvalue weighted by Gasteiger charge is -2.03. The van der Waals surface area contributed by atoms with Crippen molar-refractivity contribution in [1.82, 2.24) is 9.55 Å². The molecule has 0 saturated heterocycles. The van der Waals surface area contributed by atoms with Crippen molar-refractivity contribution in [3.8, 4) is 0 Å². The normalized spacial score (nSPS) is 10.8. The molecule has 0 bridgehead atoms. The second-order valence-corrected chi connectivity index (χ2v) is 4.58. The van der Waals surface area contributed by atoms with Crippen molar-refractivity contribution < 1.29 is 4.79 Å². The van der Waals surface area contributed by atoms with Crippen molar-refractivity contribution in [2.24, 2.45) is 0 Å². The molecule has 16 heavy (non-hydrogen) atoms. The molecule has 0 spiro atoms. The lowest BCUT2D eigenvalue weighted by Crippen LogP contribution is -2.20. The van der Waals surface area contributed by atoms with Gasteiger partial charge in [-0.15, -0.1) is 11.3 Å². The van der Waals surface area contributed by atoms with Crippen LogP contribution in [0.1, 0.15) is 19.8 Å². The molecule has 4 nitrogen and oxygen atoms in total. The van der Waals surface area contributed by atoms with Crippen molar-refractivity contribution in [2.75, 3.05) is 0 Å². The van der Waals surface area contributed by atoms with Gasteiger partial charge in [-0.05, 0) is 24.8 Å². The van der Waals surface area contributed by atoms with Crippen LogP contribution in [-0.4, -0.2) is 15.3 Å². The average molecular weight is 236 g/mol. The molecule has 2 heterocycles. The van der Waals surface area contributed by atoms with Crippen molar-refractivity contribution in [3.63, 3.8) is 0 Å². The van der Waals surface area contributed by atoms with E-state index >= 15 is 0 Å². The van der Waals surface area contributed by atoms with Gasteiger partial charge in [0, 0.05) is 13.0 Å². The zero-order chi connectivity index (χ0) is 11.5. The maximum absolute atomic E-state index is 11.9. The van der Waals surface area contributed by atoms with Gasteiger partial charge in [-0.3, -0.25) is 9.36 Å². The van der Waals surface area contributed by atoms with Crippen LogP contribution in [0.4, 0.5) is 0 Å². The number of carbonyl (C=O) groups excluding carboxylic acids is 1. The van der Waals surface area contributed by atoms with Crippen LogP contribution in [0.5, 0.6) is 0 Å². The first kappa shape index (κ1) is 11.0. The van der Waals surface area contributed by atoms with Gasteiger partial charge in [-0.1, -0.05) is 0 Å². The monoisotopic (exact) mass is 236 g/mol. The molecule has 0 fully saturated rings. The molecule has 5 heteroatoms. The molecule has 0 aliphatic carbocycles. The van der Waals surface area contributed by atoms with E-state index in [-0.39, 0.29) is 11.3 Å². The fourth-order valence-electron chi connectivity index (χ4n) is 1.55. The number of ketones is 1. The Balaban J connectivity index is 2.21. The highest BCUT2D eigenvalue weighted by Crippen LogP contribution is 2.13. The summed E-state index contributed by atoms with van der Waals surface area (Å²) in [6.07, 6.45) is 2.75. The quantitative estimate of drug-likeness (QED) is 0.813. The van der Waals surface area contributed by atoms with Crippen molar-refractivity contribution in [3.05, 3.63) is 28.1 Å². The number of rotatable bonds is 4. The Morgan fingerprint density at radius 3 is 3.12 bits per heavy atom. The van der Waals surface area contributed by atoms with Gasteiger partial charge in [0.2, 0.25) is 0 Å². The summed E-state index contributed by atoms with van der Waals surface area (Å²) in [4.78, 5) is 27.7. The average Bonchev–Trinajstić information content (AvgIpc) is 2.69. The third-order valence-corrected chi connectivity index (χ3v) is 3.20.